The van der Waals surface area contributed by atoms with Crippen LogP contribution in [-0.4, -0.2) is 13.2 Å². The van der Waals surface area contributed by atoms with E-state index in [1.54, 1.807) is 12.1 Å². The van der Waals surface area contributed by atoms with Gasteiger partial charge in [-0.2, -0.15) is 0 Å². The summed E-state index contributed by atoms with van der Waals surface area (Å²) in [5.41, 5.74) is 7.56. The first-order valence-electron chi connectivity index (χ1n) is 6.29. The first-order chi connectivity index (χ1) is 9.65. The summed E-state index contributed by atoms with van der Waals surface area (Å²) >= 11 is 5.92. The van der Waals surface area contributed by atoms with Gasteiger partial charge in [0.25, 0.3) is 0 Å². The predicted octanol–water partition coefficient (Wildman–Crippen LogP) is 3.89. The number of halogens is 2. The summed E-state index contributed by atoms with van der Waals surface area (Å²) < 4.78 is 24.7. The minimum atomic E-state index is -0.425. The van der Waals surface area contributed by atoms with E-state index in [0.717, 1.165) is 12.0 Å². The van der Waals surface area contributed by atoms with E-state index in [4.69, 9.17) is 26.8 Å². The van der Waals surface area contributed by atoms with E-state index in [-0.39, 0.29) is 5.02 Å². The highest BCUT2D eigenvalue weighted by Gasteiger charge is 2.14. The zero-order chi connectivity index (χ0) is 14.1. The molecule has 1 aliphatic heterocycles. The van der Waals surface area contributed by atoms with Crippen LogP contribution in [0.5, 0.6) is 11.5 Å². The molecule has 2 aromatic rings. The SMILES string of the molecule is Nc1c(Cl)cc(F)cc1-c1ccc2c(c1)OCCCO2. The van der Waals surface area contributed by atoms with Crippen molar-refractivity contribution in [3.8, 4) is 22.6 Å². The van der Waals surface area contributed by atoms with Crippen molar-refractivity contribution < 1.29 is 13.9 Å². The highest BCUT2D eigenvalue weighted by molar-refractivity contribution is 6.33. The monoisotopic (exact) mass is 293 g/mol. The fourth-order valence-electron chi connectivity index (χ4n) is 2.15. The summed E-state index contributed by atoms with van der Waals surface area (Å²) in [6.45, 7) is 1.22. The molecule has 3 rings (SSSR count). The van der Waals surface area contributed by atoms with Crippen LogP contribution < -0.4 is 15.2 Å². The molecule has 0 bridgehead atoms. The molecule has 0 saturated carbocycles. The van der Waals surface area contributed by atoms with Gasteiger partial charge in [-0.15, -0.1) is 0 Å². The molecule has 5 heteroatoms. The number of rotatable bonds is 1. The lowest BCUT2D eigenvalue weighted by Gasteiger charge is -2.12. The minimum Gasteiger partial charge on any atom is -0.490 e. The number of hydrogen-bond acceptors (Lipinski definition) is 3. The fourth-order valence-corrected chi connectivity index (χ4v) is 2.36. The molecule has 1 heterocycles. The lowest BCUT2D eigenvalue weighted by atomic mass is 10.0. The zero-order valence-electron chi connectivity index (χ0n) is 10.7. The Balaban J connectivity index is 2.09. The number of benzene rings is 2. The second kappa shape index (κ2) is 5.21. The van der Waals surface area contributed by atoms with Crippen molar-refractivity contribution >= 4 is 17.3 Å². The second-order valence-electron chi connectivity index (χ2n) is 4.56. The van der Waals surface area contributed by atoms with Crippen LogP contribution in [-0.2, 0) is 0 Å². The summed E-state index contributed by atoms with van der Waals surface area (Å²) in [6.07, 6.45) is 0.831. The number of nitrogen functional groups attached to an aromatic ring is 1. The van der Waals surface area contributed by atoms with Gasteiger partial charge in [0.2, 0.25) is 0 Å². The van der Waals surface area contributed by atoms with Crippen molar-refractivity contribution in [1.82, 2.24) is 0 Å². The molecule has 2 aromatic carbocycles. The van der Waals surface area contributed by atoms with Crippen molar-refractivity contribution in [1.29, 1.82) is 0 Å². The van der Waals surface area contributed by atoms with Gasteiger partial charge in [0.15, 0.2) is 11.5 Å². The quantitative estimate of drug-likeness (QED) is 0.811. The van der Waals surface area contributed by atoms with Crippen molar-refractivity contribution in [2.75, 3.05) is 18.9 Å². The highest BCUT2D eigenvalue weighted by Crippen LogP contribution is 2.38. The Bertz CT molecular complexity index is 661. The van der Waals surface area contributed by atoms with E-state index in [0.29, 0.717) is 36.0 Å². The fraction of sp³-hybridized carbons (Fsp3) is 0.200. The van der Waals surface area contributed by atoms with Crippen LogP contribution in [0.2, 0.25) is 5.02 Å². The minimum absolute atomic E-state index is 0.201. The summed E-state index contributed by atoms with van der Waals surface area (Å²) in [7, 11) is 0. The van der Waals surface area contributed by atoms with Gasteiger partial charge in [0.05, 0.1) is 23.9 Å². The van der Waals surface area contributed by atoms with Crippen LogP contribution in [0, 0.1) is 5.82 Å². The molecule has 0 unspecified atom stereocenters. The molecule has 3 nitrogen and oxygen atoms in total. The topological polar surface area (TPSA) is 44.5 Å². The molecule has 0 amide bonds. The van der Waals surface area contributed by atoms with Crippen LogP contribution in [0.25, 0.3) is 11.1 Å². The molecule has 0 spiro atoms. The molecular formula is C15H13ClFNO2. The normalized spacial score (nSPS) is 13.9. The number of fused-ring (bicyclic) bond motifs is 1. The summed E-state index contributed by atoms with van der Waals surface area (Å²) in [5, 5.41) is 0.201. The average Bonchev–Trinajstić information content (AvgIpc) is 2.67. The van der Waals surface area contributed by atoms with Crippen LogP contribution in [0.4, 0.5) is 10.1 Å². The molecule has 104 valence electrons. The predicted molar refractivity (Wildman–Crippen MR) is 76.9 cm³/mol. The molecule has 0 atom stereocenters. The summed E-state index contributed by atoms with van der Waals surface area (Å²) in [6, 6.07) is 7.97. The largest absolute Gasteiger partial charge is 0.490 e. The molecule has 0 saturated heterocycles. The van der Waals surface area contributed by atoms with Crippen molar-refractivity contribution in [2.24, 2.45) is 0 Å². The number of ether oxygens (including phenoxy) is 2. The number of hydrogen-bond donors (Lipinski definition) is 1. The number of nitrogens with two attached hydrogens (primary N) is 1. The lowest BCUT2D eigenvalue weighted by molar-refractivity contribution is 0.297. The van der Waals surface area contributed by atoms with Crippen LogP contribution in [0.15, 0.2) is 30.3 Å². The Morgan fingerprint density at radius 3 is 2.60 bits per heavy atom. The van der Waals surface area contributed by atoms with Crippen LogP contribution in [0.1, 0.15) is 6.42 Å². The van der Waals surface area contributed by atoms with Gasteiger partial charge in [-0.3, -0.25) is 0 Å². The lowest BCUT2D eigenvalue weighted by Crippen LogP contribution is -1.97. The van der Waals surface area contributed by atoms with Gasteiger partial charge in [-0.1, -0.05) is 17.7 Å². The Morgan fingerprint density at radius 1 is 1.05 bits per heavy atom. The van der Waals surface area contributed by atoms with Gasteiger partial charge >= 0.3 is 0 Å². The van der Waals surface area contributed by atoms with Gasteiger partial charge < -0.3 is 15.2 Å². The first kappa shape index (κ1) is 13.1. The zero-order valence-corrected chi connectivity index (χ0v) is 11.4. The Hall–Kier alpha value is -1.94. The molecule has 0 fully saturated rings. The van der Waals surface area contributed by atoms with Gasteiger partial charge in [-0.05, 0) is 29.8 Å². The highest BCUT2D eigenvalue weighted by atomic mass is 35.5. The van der Waals surface area contributed by atoms with Gasteiger partial charge in [-0.25, -0.2) is 4.39 Å². The molecular weight excluding hydrogens is 281 g/mol. The van der Waals surface area contributed by atoms with E-state index in [2.05, 4.69) is 0 Å². The molecule has 20 heavy (non-hydrogen) atoms. The van der Waals surface area contributed by atoms with Crippen molar-refractivity contribution in [2.45, 2.75) is 6.42 Å². The maximum atomic E-state index is 13.5. The van der Waals surface area contributed by atoms with E-state index in [1.807, 2.05) is 6.07 Å². The van der Waals surface area contributed by atoms with E-state index in [1.165, 1.54) is 12.1 Å². The summed E-state index contributed by atoms with van der Waals surface area (Å²) in [4.78, 5) is 0. The average molecular weight is 294 g/mol. The maximum Gasteiger partial charge on any atom is 0.161 e. The van der Waals surface area contributed by atoms with Crippen LogP contribution >= 0.6 is 11.6 Å². The van der Waals surface area contributed by atoms with E-state index >= 15 is 0 Å². The Labute approximate surface area is 121 Å². The molecule has 1 aliphatic rings. The smallest absolute Gasteiger partial charge is 0.161 e. The maximum absolute atomic E-state index is 13.5. The van der Waals surface area contributed by atoms with Gasteiger partial charge in [0, 0.05) is 12.0 Å². The molecule has 0 aromatic heterocycles. The van der Waals surface area contributed by atoms with Crippen molar-refractivity contribution in [3.63, 3.8) is 0 Å². The van der Waals surface area contributed by atoms with Crippen LogP contribution in [0.3, 0.4) is 0 Å². The van der Waals surface area contributed by atoms with Gasteiger partial charge in [0.1, 0.15) is 5.82 Å². The van der Waals surface area contributed by atoms with E-state index in [9.17, 15) is 4.39 Å². The summed E-state index contributed by atoms with van der Waals surface area (Å²) in [5.74, 6) is 0.901. The Morgan fingerprint density at radius 2 is 1.80 bits per heavy atom. The Kier molecular flexibility index (Phi) is 3.40. The third-order valence-corrected chi connectivity index (χ3v) is 3.47. The number of anilines is 1. The third kappa shape index (κ3) is 2.39. The van der Waals surface area contributed by atoms with E-state index < -0.39 is 5.82 Å². The third-order valence-electron chi connectivity index (χ3n) is 3.15. The first-order valence-corrected chi connectivity index (χ1v) is 6.67. The molecule has 2 N–H and O–H groups in total. The standard InChI is InChI=1S/C15H13ClFNO2/c16-12-8-10(17)7-11(15(12)18)9-2-3-13-14(6-9)20-5-1-4-19-13/h2-3,6-8H,1,4-5,18H2. The molecule has 0 aliphatic carbocycles. The molecule has 0 radical (unpaired) electrons. The second-order valence-corrected chi connectivity index (χ2v) is 4.97. The van der Waals surface area contributed by atoms with Crippen molar-refractivity contribution in [3.05, 3.63) is 41.2 Å².